The first-order valence-corrected chi connectivity index (χ1v) is 5.14. The van der Waals surface area contributed by atoms with Crippen molar-refractivity contribution < 1.29 is 13.5 Å². The average Bonchev–Trinajstić information content (AvgIpc) is 2.21. The summed E-state index contributed by atoms with van der Waals surface area (Å²) in [5.74, 6) is -0.128. The standard InChI is InChI=1S/C9H9BrF2N4O/c10-6-3-5(4-15-16-9(13)14)1-2-7(6)17-8(11)12/h1-4,8H,(H4,13,14,16). The Bertz CT molecular complexity index is 447. The average molecular weight is 307 g/mol. The van der Waals surface area contributed by atoms with E-state index < -0.39 is 6.61 Å². The number of alkyl halides is 2. The van der Waals surface area contributed by atoms with Crippen LogP contribution in [0.5, 0.6) is 5.75 Å². The summed E-state index contributed by atoms with van der Waals surface area (Å²) in [4.78, 5) is 0. The van der Waals surface area contributed by atoms with Crippen molar-refractivity contribution in [2.75, 3.05) is 0 Å². The molecule has 4 N–H and O–H groups in total. The molecule has 1 aromatic carbocycles. The van der Waals surface area contributed by atoms with Gasteiger partial charge in [0.05, 0.1) is 10.7 Å². The maximum atomic E-state index is 12.0. The topological polar surface area (TPSA) is 86.0 Å². The molecule has 0 aliphatic carbocycles. The summed E-state index contributed by atoms with van der Waals surface area (Å²) >= 11 is 3.09. The highest BCUT2D eigenvalue weighted by Gasteiger charge is 2.07. The van der Waals surface area contributed by atoms with Crippen LogP contribution in [0.2, 0.25) is 0 Å². The zero-order valence-electron chi connectivity index (χ0n) is 8.48. The Balaban J connectivity index is 2.82. The van der Waals surface area contributed by atoms with Gasteiger partial charge in [-0.1, -0.05) is 0 Å². The quantitative estimate of drug-likeness (QED) is 0.504. The molecule has 0 atom stereocenters. The minimum Gasteiger partial charge on any atom is -0.434 e. The van der Waals surface area contributed by atoms with Crippen molar-refractivity contribution in [1.29, 1.82) is 0 Å². The molecule has 1 aromatic rings. The van der Waals surface area contributed by atoms with Crippen LogP contribution in [0, 0.1) is 0 Å². The van der Waals surface area contributed by atoms with E-state index in [4.69, 9.17) is 11.5 Å². The van der Waals surface area contributed by atoms with Crippen LogP contribution in [0.3, 0.4) is 0 Å². The molecule has 0 heterocycles. The molecular weight excluding hydrogens is 298 g/mol. The van der Waals surface area contributed by atoms with Crippen molar-refractivity contribution in [3.8, 4) is 5.75 Å². The van der Waals surface area contributed by atoms with E-state index in [-0.39, 0.29) is 11.7 Å². The van der Waals surface area contributed by atoms with Crippen LogP contribution in [0.25, 0.3) is 0 Å². The van der Waals surface area contributed by atoms with E-state index >= 15 is 0 Å². The van der Waals surface area contributed by atoms with Gasteiger partial charge in [0.1, 0.15) is 5.75 Å². The molecule has 0 aromatic heterocycles. The van der Waals surface area contributed by atoms with Gasteiger partial charge in [-0.05, 0) is 39.7 Å². The van der Waals surface area contributed by atoms with Crippen LogP contribution in [-0.2, 0) is 0 Å². The van der Waals surface area contributed by atoms with Gasteiger partial charge in [0.15, 0.2) is 0 Å². The highest BCUT2D eigenvalue weighted by atomic mass is 79.9. The second-order valence-corrected chi connectivity index (χ2v) is 3.69. The molecule has 0 unspecified atom stereocenters. The molecule has 92 valence electrons. The number of nitrogens with two attached hydrogens (primary N) is 2. The van der Waals surface area contributed by atoms with E-state index in [1.807, 2.05) is 0 Å². The van der Waals surface area contributed by atoms with Crippen LogP contribution in [0.4, 0.5) is 8.78 Å². The maximum Gasteiger partial charge on any atom is 0.387 e. The zero-order valence-corrected chi connectivity index (χ0v) is 10.1. The van der Waals surface area contributed by atoms with Gasteiger partial charge in [0, 0.05) is 0 Å². The second kappa shape index (κ2) is 6.14. The van der Waals surface area contributed by atoms with E-state index in [2.05, 4.69) is 30.9 Å². The largest absolute Gasteiger partial charge is 0.434 e. The summed E-state index contributed by atoms with van der Waals surface area (Å²) in [6, 6.07) is 4.46. The Morgan fingerprint density at radius 3 is 2.65 bits per heavy atom. The fraction of sp³-hybridized carbons (Fsp3) is 0.111. The van der Waals surface area contributed by atoms with Crippen molar-refractivity contribution in [3.05, 3.63) is 28.2 Å². The van der Waals surface area contributed by atoms with Crippen LogP contribution < -0.4 is 16.2 Å². The predicted octanol–water partition coefficient (Wildman–Crippen LogP) is 1.66. The zero-order chi connectivity index (χ0) is 12.8. The minimum atomic E-state index is -2.87. The van der Waals surface area contributed by atoms with Gasteiger partial charge in [0.2, 0.25) is 5.96 Å². The maximum absolute atomic E-state index is 12.0. The summed E-state index contributed by atoms with van der Waals surface area (Å²) < 4.78 is 28.6. The first kappa shape index (κ1) is 13.4. The lowest BCUT2D eigenvalue weighted by atomic mass is 10.2. The number of nitrogens with zero attached hydrogens (tertiary/aromatic N) is 2. The number of ether oxygens (including phenoxy) is 1. The number of halogens is 3. The Hall–Kier alpha value is -1.70. The molecule has 0 bridgehead atoms. The number of hydrogen-bond donors (Lipinski definition) is 2. The Morgan fingerprint density at radius 2 is 2.12 bits per heavy atom. The van der Waals surface area contributed by atoms with E-state index in [1.54, 1.807) is 6.07 Å². The van der Waals surface area contributed by atoms with Gasteiger partial charge >= 0.3 is 6.61 Å². The lowest BCUT2D eigenvalue weighted by molar-refractivity contribution is -0.0503. The molecule has 1 rings (SSSR count). The van der Waals surface area contributed by atoms with Crippen LogP contribution >= 0.6 is 15.9 Å². The van der Waals surface area contributed by atoms with Crippen molar-refractivity contribution in [2.45, 2.75) is 6.61 Å². The van der Waals surface area contributed by atoms with Crippen LogP contribution in [0.15, 0.2) is 32.9 Å². The molecule has 5 nitrogen and oxygen atoms in total. The molecule has 0 saturated heterocycles. The highest BCUT2D eigenvalue weighted by molar-refractivity contribution is 9.10. The summed E-state index contributed by atoms with van der Waals surface area (Å²) in [5, 5.41) is 6.97. The van der Waals surface area contributed by atoms with Gasteiger partial charge in [0.25, 0.3) is 0 Å². The van der Waals surface area contributed by atoms with Gasteiger partial charge in [-0.2, -0.15) is 13.9 Å². The molecule has 8 heteroatoms. The third kappa shape index (κ3) is 4.77. The Labute approximate surface area is 104 Å². The molecule has 0 aliphatic rings. The minimum absolute atomic E-state index is 0.0407. The fourth-order valence-electron chi connectivity index (χ4n) is 0.951. The Morgan fingerprint density at radius 1 is 1.41 bits per heavy atom. The van der Waals surface area contributed by atoms with Crippen LogP contribution in [0.1, 0.15) is 5.56 Å². The van der Waals surface area contributed by atoms with Crippen LogP contribution in [-0.4, -0.2) is 18.8 Å². The molecular formula is C9H9BrF2N4O. The molecule has 0 saturated carbocycles. The van der Waals surface area contributed by atoms with Gasteiger partial charge < -0.3 is 16.2 Å². The van der Waals surface area contributed by atoms with Gasteiger partial charge in [-0.25, -0.2) is 0 Å². The Kier molecular flexibility index (Phi) is 4.83. The lowest BCUT2D eigenvalue weighted by Crippen LogP contribution is -2.21. The molecule has 0 fully saturated rings. The van der Waals surface area contributed by atoms with E-state index in [0.717, 1.165) is 0 Å². The first-order chi connectivity index (χ1) is 7.99. The normalized spacial score (nSPS) is 10.8. The van der Waals surface area contributed by atoms with Crippen molar-refractivity contribution in [1.82, 2.24) is 0 Å². The first-order valence-electron chi connectivity index (χ1n) is 4.35. The number of benzene rings is 1. The van der Waals surface area contributed by atoms with Gasteiger partial charge in [-0.15, -0.1) is 5.10 Å². The SMILES string of the molecule is NC(N)=NN=Cc1ccc(OC(F)F)c(Br)c1. The highest BCUT2D eigenvalue weighted by Crippen LogP contribution is 2.26. The predicted molar refractivity (Wildman–Crippen MR) is 64.2 cm³/mol. The lowest BCUT2D eigenvalue weighted by Gasteiger charge is -2.06. The summed E-state index contributed by atoms with van der Waals surface area (Å²) in [6.07, 6.45) is 1.37. The third-order valence-electron chi connectivity index (χ3n) is 1.55. The molecule has 0 amide bonds. The monoisotopic (exact) mass is 306 g/mol. The van der Waals surface area contributed by atoms with Crippen molar-refractivity contribution in [2.24, 2.45) is 21.7 Å². The summed E-state index contributed by atoms with van der Waals surface area (Å²) in [6.45, 7) is -2.87. The fourth-order valence-corrected chi connectivity index (χ4v) is 1.44. The smallest absolute Gasteiger partial charge is 0.387 e. The number of hydrogen-bond acceptors (Lipinski definition) is 3. The molecule has 17 heavy (non-hydrogen) atoms. The summed E-state index contributed by atoms with van der Waals surface area (Å²) in [7, 11) is 0. The number of guanidine groups is 1. The molecule has 0 radical (unpaired) electrons. The number of rotatable bonds is 4. The molecule has 0 aliphatic heterocycles. The second-order valence-electron chi connectivity index (χ2n) is 2.84. The van der Waals surface area contributed by atoms with Crippen molar-refractivity contribution >= 4 is 28.1 Å². The third-order valence-corrected chi connectivity index (χ3v) is 2.17. The molecule has 0 spiro atoms. The van der Waals surface area contributed by atoms with Gasteiger partial charge in [-0.3, -0.25) is 0 Å². The van der Waals surface area contributed by atoms with E-state index in [0.29, 0.717) is 10.0 Å². The van der Waals surface area contributed by atoms with E-state index in [1.165, 1.54) is 18.3 Å². The summed E-state index contributed by atoms with van der Waals surface area (Å²) in [5.41, 5.74) is 10.8. The van der Waals surface area contributed by atoms with E-state index in [9.17, 15) is 8.78 Å². The van der Waals surface area contributed by atoms with Crippen molar-refractivity contribution in [3.63, 3.8) is 0 Å².